The maximum atomic E-state index is 13.5. The Morgan fingerprint density at radius 3 is 2.59 bits per heavy atom. The Morgan fingerprint density at radius 1 is 0.946 bits per heavy atom. The third kappa shape index (κ3) is 3.27. The van der Waals surface area contributed by atoms with Gasteiger partial charge in [-0.05, 0) is 49.2 Å². The van der Waals surface area contributed by atoms with Crippen LogP contribution in [0.25, 0.3) is 55.1 Å². The van der Waals surface area contributed by atoms with Crippen molar-refractivity contribution < 1.29 is 9.15 Å². The van der Waals surface area contributed by atoms with Gasteiger partial charge in [0.05, 0.1) is 29.6 Å². The molecule has 0 atom stereocenters. The molecule has 0 radical (unpaired) electrons. The lowest BCUT2D eigenvalue weighted by Gasteiger charge is -2.23. The van der Waals surface area contributed by atoms with Gasteiger partial charge in [-0.1, -0.05) is 19.3 Å². The Labute approximate surface area is 208 Å². The van der Waals surface area contributed by atoms with Crippen LogP contribution in [0, 0.1) is 0 Å². The maximum Gasteiger partial charge on any atom is 0.274 e. The average molecular weight is 497 g/mol. The lowest BCUT2D eigenvalue weighted by molar-refractivity contribution is 0.335. The van der Waals surface area contributed by atoms with Crippen molar-refractivity contribution in [1.82, 2.24) is 19.7 Å². The summed E-state index contributed by atoms with van der Waals surface area (Å²) in [6.45, 7) is 0. The Bertz CT molecular complexity index is 2030. The van der Waals surface area contributed by atoms with E-state index in [0.29, 0.717) is 55.5 Å². The molecule has 0 amide bonds. The second kappa shape index (κ2) is 7.99. The van der Waals surface area contributed by atoms with Gasteiger partial charge in [-0.15, -0.1) is 0 Å². The lowest BCUT2D eigenvalue weighted by atomic mass is 9.95. The highest BCUT2D eigenvalue weighted by Gasteiger charge is 2.26. The van der Waals surface area contributed by atoms with Gasteiger partial charge in [-0.25, -0.2) is 0 Å². The van der Waals surface area contributed by atoms with E-state index in [1.165, 1.54) is 18.6 Å². The van der Waals surface area contributed by atoms with Gasteiger partial charge in [0.2, 0.25) is 0 Å². The van der Waals surface area contributed by atoms with Crippen molar-refractivity contribution in [2.24, 2.45) is 0 Å². The van der Waals surface area contributed by atoms with Gasteiger partial charge in [-0.3, -0.25) is 24.2 Å². The zero-order valence-corrected chi connectivity index (χ0v) is 20.1. The van der Waals surface area contributed by atoms with E-state index < -0.39 is 0 Å². The van der Waals surface area contributed by atoms with Crippen molar-refractivity contribution in [3.8, 4) is 16.9 Å². The van der Waals surface area contributed by atoms with E-state index in [9.17, 15) is 14.4 Å². The normalized spacial score (nSPS) is 14.8. The number of methoxy groups -OCH3 is 1. The number of nitrogens with zero attached hydrogens (tertiary/aromatic N) is 1. The van der Waals surface area contributed by atoms with Crippen LogP contribution < -0.4 is 21.3 Å². The summed E-state index contributed by atoms with van der Waals surface area (Å²) in [5.41, 5.74) is 2.51. The second-order valence-electron chi connectivity index (χ2n) is 9.76. The van der Waals surface area contributed by atoms with E-state index in [1.54, 1.807) is 31.4 Å². The average Bonchev–Trinajstić information content (AvgIpc) is 3.44. The molecule has 0 aliphatic heterocycles. The van der Waals surface area contributed by atoms with E-state index >= 15 is 0 Å². The molecule has 186 valence electrons. The fourth-order valence-corrected chi connectivity index (χ4v) is 5.78. The van der Waals surface area contributed by atoms with Crippen LogP contribution in [0.4, 0.5) is 0 Å². The van der Waals surface area contributed by atoms with E-state index in [1.807, 2.05) is 10.7 Å². The second-order valence-corrected chi connectivity index (χ2v) is 9.76. The summed E-state index contributed by atoms with van der Waals surface area (Å²) >= 11 is 0. The highest BCUT2D eigenvalue weighted by Crippen LogP contribution is 2.39. The summed E-state index contributed by atoms with van der Waals surface area (Å²) in [7, 11) is 1.58. The number of benzene rings is 2. The van der Waals surface area contributed by atoms with Crippen LogP contribution >= 0.6 is 0 Å². The summed E-state index contributed by atoms with van der Waals surface area (Å²) in [6.07, 6.45) is 5.29. The van der Waals surface area contributed by atoms with E-state index in [4.69, 9.17) is 9.15 Å². The number of pyridine rings is 2. The number of hydrogen-bond acceptors (Lipinski definition) is 5. The summed E-state index contributed by atoms with van der Waals surface area (Å²) < 4.78 is 13.5. The predicted octanol–water partition coefficient (Wildman–Crippen LogP) is 4.94. The van der Waals surface area contributed by atoms with Crippen LogP contribution in [0.1, 0.15) is 38.1 Å². The number of hydrogen-bond donors (Lipinski definition) is 3. The van der Waals surface area contributed by atoms with Gasteiger partial charge in [0.25, 0.3) is 11.1 Å². The molecule has 2 aromatic carbocycles. The van der Waals surface area contributed by atoms with Crippen LogP contribution in [0.15, 0.2) is 61.3 Å². The minimum Gasteiger partial charge on any atom is -0.497 e. The fourth-order valence-electron chi connectivity index (χ4n) is 5.78. The van der Waals surface area contributed by atoms with Crippen molar-refractivity contribution in [1.29, 1.82) is 0 Å². The smallest absolute Gasteiger partial charge is 0.274 e. The standard InChI is InChI=1S/C28H24N4O5/c1-36-17-8-10-20-14(11-17)12-19(27(34)29-20)22-23-26(32(31-28(23)35)15-5-3-2-4-6-15)30-24-18-9-7-16(33)13-21(18)37-25(22)24/h7-13,15,30H,2-6H2,1H3,(H,29,34)(H,31,35). The first-order chi connectivity index (χ1) is 18.0. The van der Waals surface area contributed by atoms with Gasteiger partial charge in [0.1, 0.15) is 17.0 Å². The Balaban J connectivity index is 1.64. The molecule has 9 nitrogen and oxygen atoms in total. The Morgan fingerprint density at radius 2 is 1.78 bits per heavy atom. The number of aromatic nitrogens is 4. The van der Waals surface area contributed by atoms with Gasteiger partial charge in [0.15, 0.2) is 11.0 Å². The van der Waals surface area contributed by atoms with Crippen LogP contribution in [-0.2, 0) is 0 Å². The molecule has 4 heterocycles. The van der Waals surface area contributed by atoms with E-state index in [-0.39, 0.29) is 22.6 Å². The number of rotatable bonds is 3. The van der Waals surface area contributed by atoms with Crippen molar-refractivity contribution >= 4 is 44.0 Å². The largest absolute Gasteiger partial charge is 0.497 e. The quantitative estimate of drug-likeness (QED) is 0.320. The molecular weight excluding hydrogens is 472 g/mol. The molecular formula is C28H24N4O5. The van der Waals surface area contributed by atoms with Crippen molar-refractivity contribution in [2.45, 2.75) is 38.1 Å². The molecule has 1 saturated carbocycles. The molecule has 9 heteroatoms. The monoisotopic (exact) mass is 496 g/mol. The Hall–Kier alpha value is -4.53. The summed E-state index contributed by atoms with van der Waals surface area (Å²) in [5.74, 6) is 0.648. The molecule has 0 saturated heterocycles. The summed E-state index contributed by atoms with van der Waals surface area (Å²) in [6, 6.07) is 11.9. The number of H-pyrrole nitrogens is 3. The van der Waals surface area contributed by atoms with Gasteiger partial charge in [0, 0.05) is 27.9 Å². The molecule has 3 N–H and O–H groups in total. The van der Waals surface area contributed by atoms with Crippen molar-refractivity contribution in [3.63, 3.8) is 0 Å². The SMILES string of the molecule is COc1ccc2[nH]c(=O)c(-c3c4oc5cc(=O)ccc5c4[nH]c4c3c(=O)[nH]n4C3CCCCC3)cc2c1. The molecule has 0 bridgehead atoms. The molecule has 0 spiro atoms. The third-order valence-electron chi connectivity index (χ3n) is 7.57. The molecule has 0 unspecified atom stereocenters. The van der Waals surface area contributed by atoms with Crippen LogP contribution in [0.2, 0.25) is 0 Å². The molecule has 1 aliphatic rings. The molecule has 1 fully saturated rings. The van der Waals surface area contributed by atoms with E-state index in [2.05, 4.69) is 15.1 Å². The zero-order chi connectivity index (χ0) is 25.3. The topological polar surface area (TPSA) is 126 Å². The molecule has 6 aromatic rings. The fraction of sp³-hybridized carbons (Fsp3) is 0.250. The van der Waals surface area contributed by atoms with Gasteiger partial charge >= 0.3 is 0 Å². The minimum absolute atomic E-state index is 0.144. The number of aromatic amines is 3. The van der Waals surface area contributed by atoms with Crippen molar-refractivity contribution in [2.75, 3.05) is 7.11 Å². The molecule has 7 rings (SSSR count). The van der Waals surface area contributed by atoms with Gasteiger partial charge < -0.3 is 19.1 Å². The first kappa shape index (κ1) is 21.7. The third-order valence-corrected chi connectivity index (χ3v) is 7.57. The zero-order valence-electron chi connectivity index (χ0n) is 20.1. The van der Waals surface area contributed by atoms with Crippen LogP contribution in [0.5, 0.6) is 5.75 Å². The van der Waals surface area contributed by atoms with E-state index in [0.717, 1.165) is 31.1 Å². The summed E-state index contributed by atoms with van der Waals surface area (Å²) in [4.78, 5) is 45.4. The number of furan rings is 1. The first-order valence-electron chi connectivity index (χ1n) is 12.5. The van der Waals surface area contributed by atoms with Crippen molar-refractivity contribution in [3.05, 3.63) is 73.4 Å². The minimum atomic E-state index is -0.346. The highest BCUT2D eigenvalue weighted by molar-refractivity contribution is 6.14. The molecule has 1 aliphatic carbocycles. The lowest BCUT2D eigenvalue weighted by Crippen LogP contribution is -2.16. The molecule has 4 aromatic heterocycles. The number of nitrogens with one attached hydrogen (secondary N) is 3. The van der Waals surface area contributed by atoms with Crippen LogP contribution in [0.3, 0.4) is 0 Å². The maximum absolute atomic E-state index is 13.5. The summed E-state index contributed by atoms with van der Waals surface area (Å²) in [5, 5.41) is 4.85. The molecule has 37 heavy (non-hydrogen) atoms. The van der Waals surface area contributed by atoms with Crippen LogP contribution in [-0.4, -0.2) is 26.9 Å². The number of ether oxygens (including phenoxy) is 1. The first-order valence-corrected chi connectivity index (χ1v) is 12.5. The Kier molecular flexibility index (Phi) is 4.69. The van der Waals surface area contributed by atoms with Gasteiger partial charge in [-0.2, -0.15) is 0 Å². The number of fused-ring (bicyclic) bond motifs is 5. The highest BCUT2D eigenvalue weighted by atomic mass is 16.5. The predicted molar refractivity (Wildman–Crippen MR) is 143 cm³/mol.